The van der Waals surface area contributed by atoms with Crippen LogP contribution in [0.1, 0.15) is 25.3 Å². The first kappa shape index (κ1) is 18.7. The highest BCUT2D eigenvalue weighted by Crippen LogP contribution is 2.32. The van der Waals surface area contributed by atoms with Crippen molar-refractivity contribution in [1.82, 2.24) is 14.8 Å². The average Bonchev–Trinajstić information content (AvgIpc) is 3.10. The molecule has 1 N–H and O–H groups in total. The number of aryl methyl sites for hydroxylation is 1. The van der Waals surface area contributed by atoms with Crippen LogP contribution in [0.2, 0.25) is 0 Å². The summed E-state index contributed by atoms with van der Waals surface area (Å²) >= 11 is 0. The molecule has 1 amide bonds. The molecule has 146 valence electrons. The lowest BCUT2D eigenvalue weighted by Crippen LogP contribution is -2.16. The van der Waals surface area contributed by atoms with E-state index in [4.69, 9.17) is 0 Å². The number of hydrogen-bond donors (Lipinski definition) is 1. The summed E-state index contributed by atoms with van der Waals surface area (Å²) in [6, 6.07) is 17.7. The smallest absolute Gasteiger partial charge is 0.218 e. The van der Waals surface area contributed by atoms with Crippen LogP contribution in [0.5, 0.6) is 0 Å². The fraction of sp³-hybridized carbons (Fsp3) is 0.174. The van der Waals surface area contributed by atoms with Crippen molar-refractivity contribution >= 4 is 40.2 Å². The van der Waals surface area contributed by atoms with Crippen LogP contribution in [0.4, 0.5) is 22.9 Å². The van der Waals surface area contributed by atoms with Crippen molar-refractivity contribution in [2.45, 2.75) is 19.8 Å². The number of carbonyl (C=O) groups excluding carboxylic acids is 1. The third kappa shape index (κ3) is 3.69. The molecule has 6 heteroatoms. The predicted molar refractivity (Wildman–Crippen MR) is 117 cm³/mol. The van der Waals surface area contributed by atoms with Gasteiger partial charge in [-0.15, -0.1) is 0 Å². The third-order valence-electron chi connectivity index (χ3n) is 5.00. The Balaban J connectivity index is 1.69. The zero-order chi connectivity index (χ0) is 20.4. The highest BCUT2D eigenvalue weighted by molar-refractivity contribution is 5.92. The Morgan fingerprint density at radius 2 is 1.90 bits per heavy atom. The summed E-state index contributed by atoms with van der Waals surface area (Å²) in [6.07, 6.45) is 4.36. The minimum absolute atomic E-state index is 0.436. The SMILES string of the molecule is CC(C)c1ccc(N(C=O)c2cccnc2Nc2ccc3cnn(C)c3c2)cc1. The molecule has 0 atom stereocenters. The van der Waals surface area contributed by atoms with Gasteiger partial charge in [-0.05, 0) is 53.9 Å². The number of carbonyl (C=O) groups is 1. The number of nitrogens with one attached hydrogen (secondary N) is 1. The van der Waals surface area contributed by atoms with Crippen molar-refractivity contribution in [3.8, 4) is 0 Å². The lowest BCUT2D eigenvalue weighted by Gasteiger charge is -2.21. The molecule has 6 nitrogen and oxygen atoms in total. The molecule has 0 aliphatic rings. The van der Waals surface area contributed by atoms with E-state index in [1.54, 1.807) is 11.1 Å². The number of fused-ring (bicyclic) bond motifs is 1. The van der Waals surface area contributed by atoms with Crippen LogP contribution in [0, 0.1) is 0 Å². The monoisotopic (exact) mass is 385 g/mol. The fourth-order valence-electron chi connectivity index (χ4n) is 3.32. The molecule has 0 saturated heterocycles. The Morgan fingerprint density at radius 1 is 1.10 bits per heavy atom. The Hall–Kier alpha value is -3.67. The second-order valence-corrected chi connectivity index (χ2v) is 7.26. The quantitative estimate of drug-likeness (QED) is 0.467. The Kier molecular flexibility index (Phi) is 4.99. The number of nitrogens with zero attached hydrogens (tertiary/aromatic N) is 4. The van der Waals surface area contributed by atoms with Gasteiger partial charge in [0.15, 0.2) is 5.82 Å². The van der Waals surface area contributed by atoms with Crippen LogP contribution in [-0.4, -0.2) is 21.2 Å². The van der Waals surface area contributed by atoms with Gasteiger partial charge in [0.25, 0.3) is 0 Å². The van der Waals surface area contributed by atoms with Crippen LogP contribution in [0.15, 0.2) is 67.0 Å². The maximum Gasteiger partial charge on any atom is 0.218 e. The number of rotatable bonds is 6. The predicted octanol–water partition coefficient (Wildman–Crippen LogP) is 5.13. The van der Waals surface area contributed by atoms with Crippen molar-refractivity contribution in [2.24, 2.45) is 7.05 Å². The van der Waals surface area contributed by atoms with E-state index in [1.807, 2.05) is 60.4 Å². The lowest BCUT2D eigenvalue weighted by atomic mass is 10.0. The summed E-state index contributed by atoms with van der Waals surface area (Å²) in [5.74, 6) is 1.04. The number of pyridine rings is 1. The largest absolute Gasteiger partial charge is 0.338 e. The van der Waals surface area contributed by atoms with Gasteiger partial charge >= 0.3 is 0 Å². The summed E-state index contributed by atoms with van der Waals surface area (Å²) in [4.78, 5) is 18.0. The van der Waals surface area contributed by atoms with Gasteiger partial charge in [0.05, 0.1) is 17.4 Å². The Labute approximate surface area is 169 Å². The van der Waals surface area contributed by atoms with E-state index in [0.29, 0.717) is 17.4 Å². The summed E-state index contributed by atoms with van der Waals surface area (Å²) in [6.45, 7) is 4.30. The second-order valence-electron chi connectivity index (χ2n) is 7.26. The normalized spacial score (nSPS) is 11.0. The maximum absolute atomic E-state index is 12.0. The van der Waals surface area contributed by atoms with Gasteiger partial charge < -0.3 is 5.32 Å². The summed E-state index contributed by atoms with van der Waals surface area (Å²) < 4.78 is 1.83. The zero-order valence-electron chi connectivity index (χ0n) is 16.7. The minimum Gasteiger partial charge on any atom is -0.338 e. The van der Waals surface area contributed by atoms with E-state index in [1.165, 1.54) is 5.56 Å². The number of amides is 1. The second kappa shape index (κ2) is 7.75. The molecule has 0 fully saturated rings. The topological polar surface area (TPSA) is 63.1 Å². The van der Waals surface area contributed by atoms with E-state index < -0.39 is 0 Å². The molecular formula is C23H23N5O. The van der Waals surface area contributed by atoms with Crippen LogP contribution in [0.25, 0.3) is 10.9 Å². The van der Waals surface area contributed by atoms with Gasteiger partial charge in [-0.1, -0.05) is 26.0 Å². The standard InChI is InChI=1S/C23H23N5O/c1-16(2)17-7-10-20(11-8-17)28(15-29)21-5-4-12-24-23(21)26-19-9-6-18-14-25-27(3)22(18)13-19/h4-16H,1-3H3,(H,24,26). The molecule has 2 aromatic carbocycles. The van der Waals surface area contributed by atoms with Gasteiger partial charge in [-0.3, -0.25) is 14.4 Å². The number of hydrogen-bond acceptors (Lipinski definition) is 4. The van der Waals surface area contributed by atoms with Crippen LogP contribution < -0.4 is 10.2 Å². The van der Waals surface area contributed by atoms with Crippen LogP contribution >= 0.6 is 0 Å². The van der Waals surface area contributed by atoms with E-state index in [0.717, 1.165) is 28.7 Å². The Morgan fingerprint density at radius 3 is 2.62 bits per heavy atom. The number of aromatic nitrogens is 3. The molecule has 0 aliphatic carbocycles. The first-order valence-electron chi connectivity index (χ1n) is 9.55. The molecule has 2 heterocycles. The average molecular weight is 385 g/mol. The number of anilines is 4. The van der Waals surface area contributed by atoms with Crippen LogP contribution in [-0.2, 0) is 11.8 Å². The van der Waals surface area contributed by atoms with Crippen molar-refractivity contribution in [3.63, 3.8) is 0 Å². The van der Waals surface area contributed by atoms with Crippen molar-refractivity contribution in [2.75, 3.05) is 10.2 Å². The molecular weight excluding hydrogens is 362 g/mol. The molecule has 0 saturated carbocycles. The molecule has 4 aromatic rings. The maximum atomic E-state index is 12.0. The number of benzene rings is 2. The molecule has 0 unspecified atom stereocenters. The lowest BCUT2D eigenvalue weighted by molar-refractivity contribution is -0.106. The summed E-state index contributed by atoms with van der Waals surface area (Å²) in [7, 11) is 1.91. The van der Waals surface area contributed by atoms with Crippen molar-refractivity contribution in [3.05, 3.63) is 72.6 Å². The van der Waals surface area contributed by atoms with Gasteiger partial charge in [0, 0.05) is 30.0 Å². The highest BCUT2D eigenvalue weighted by Gasteiger charge is 2.15. The van der Waals surface area contributed by atoms with Crippen molar-refractivity contribution in [1.29, 1.82) is 0 Å². The fourth-order valence-corrected chi connectivity index (χ4v) is 3.32. The van der Waals surface area contributed by atoms with Gasteiger partial charge in [-0.25, -0.2) is 4.98 Å². The van der Waals surface area contributed by atoms with E-state index in [-0.39, 0.29) is 0 Å². The first-order chi connectivity index (χ1) is 14.1. The van der Waals surface area contributed by atoms with Crippen molar-refractivity contribution < 1.29 is 4.79 Å². The van der Waals surface area contributed by atoms with E-state index in [9.17, 15) is 4.79 Å². The third-order valence-corrected chi connectivity index (χ3v) is 5.00. The van der Waals surface area contributed by atoms with Gasteiger partial charge in [-0.2, -0.15) is 5.10 Å². The molecule has 0 aliphatic heterocycles. The van der Waals surface area contributed by atoms with Crippen LogP contribution in [0.3, 0.4) is 0 Å². The van der Waals surface area contributed by atoms with Gasteiger partial charge in [0.1, 0.15) is 0 Å². The zero-order valence-corrected chi connectivity index (χ0v) is 16.7. The highest BCUT2D eigenvalue weighted by atomic mass is 16.1. The minimum atomic E-state index is 0.436. The molecule has 0 bridgehead atoms. The molecule has 0 spiro atoms. The molecule has 29 heavy (non-hydrogen) atoms. The molecule has 2 aromatic heterocycles. The summed E-state index contributed by atoms with van der Waals surface area (Å²) in [5.41, 5.74) is 4.60. The van der Waals surface area contributed by atoms with E-state index in [2.05, 4.69) is 41.4 Å². The first-order valence-corrected chi connectivity index (χ1v) is 9.55. The molecule has 4 rings (SSSR count). The van der Waals surface area contributed by atoms with Gasteiger partial charge in [0.2, 0.25) is 6.41 Å². The summed E-state index contributed by atoms with van der Waals surface area (Å²) in [5, 5.41) is 8.69. The Bertz CT molecular complexity index is 1150. The van der Waals surface area contributed by atoms with E-state index >= 15 is 0 Å². The molecule has 0 radical (unpaired) electrons.